The first-order valence-corrected chi connectivity index (χ1v) is 8.41. The Bertz CT molecular complexity index is 435. The highest BCUT2D eigenvalue weighted by atomic mass is 15.2. The van der Waals surface area contributed by atoms with Crippen molar-refractivity contribution in [2.24, 2.45) is 0 Å². The lowest BCUT2D eigenvalue weighted by atomic mass is 9.91. The van der Waals surface area contributed by atoms with E-state index in [1.807, 2.05) is 0 Å². The summed E-state index contributed by atoms with van der Waals surface area (Å²) < 4.78 is 0. The van der Waals surface area contributed by atoms with E-state index in [9.17, 15) is 0 Å². The van der Waals surface area contributed by atoms with Crippen molar-refractivity contribution in [3.63, 3.8) is 0 Å². The van der Waals surface area contributed by atoms with Crippen molar-refractivity contribution in [2.75, 3.05) is 32.7 Å². The van der Waals surface area contributed by atoms with Gasteiger partial charge < -0.3 is 10.2 Å². The molecule has 1 aliphatic carbocycles. The number of aryl methyl sites for hydroxylation is 2. The summed E-state index contributed by atoms with van der Waals surface area (Å²) in [5, 5.41) is 3.43. The average molecular weight is 272 g/mol. The van der Waals surface area contributed by atoms with Crippen LogP contribution in [0.5, 0.6) is 0 Å². The maximum absolute atomic E-state index is 3.43. The summed E-state index contributed by atoms with van der Waals surface area (Å²) in [4.78, 5) is 2.62. The summed E-state index contributed by atoms with van der Waals surface area (Å²) in [6.45, 7) is 8.37. The minimum absolute atomic E-state index is 0.746. The number of hydrogen-bond acceptors (Lipinski definition) is 2. The van der Waals surface area contributed by atoms with Crippen LogP contribution in [-0.4, -0.2) is 37.6 Å². The first-order chi connectivity index (χ1) is 9.86. The second-order valence-corrected chi connectivity index (χ2v) is 6.37. The van der Waals surface area contributed by atoms with Gasteiger partial charge in [0.1, 0.15) is 0 Å². The predicted molar refractivity (Wildman–Crippen MR) is 85.4 cm³/mol. The second kappa shape index (κ2) is 6.73. The molecular weight excluding hydrogens is 244 g/mol. The molecule has 2 nitrogen and oxygen atoms in total. The standard InChI is InChI=1S/C18H28N2/c1-2-15(8-11-20-12-9-19-10-13-20)18-7-6-16-4-3-5-17(16)14-18/h6-7,14-15,19H,2-5,8-13H2,1H3. The van der Waals surface area contributed by atoms with Crippen LogP contribution in [-0.2, 0) is 12.8 Å². The molecule has 2 heteroatoms. The minimum atomic E-state index is 0.746. The Balaban J connectivity index is 1.60. The summed E-state index contributed by atoms with van der Waals surface area (Å²) in [5.41, 5.74) is 4.82. The molecule has 0 aromatic heterocycles. The molecule has 20 heavy (non-hydrogen) atoms. The summed E-state index contributed by atoms with van der Waals surface area (Å²) in [6, 6.07) is 7.30. The lowest BCUT2D eigenvalue weighted by Gasteiger charge is -2.29. The maximum atomic E-state index is 3.43. The zero-order valence-corrected chi connectivity index (χ0v) is 12.8. The highest BCUT2D eigenvalue weighted by molar-refractivity contribution is 5.36. The van der Waals surface area contributed by atoms with Gasteiger partial charge in [0.2, 0.25) is 0 Å². The molecule has 0 amide bonds. The van der Waals surface area contributed by atoms with E-state index in [0.29, 0.717) is 0 Å². The van der Waals surface area contributed by atoms with E-state index in [2.05, 4.69) is 35.3 Å². The van der Waals surface area contributed by atoms with Crippen LogP contribution in [0.2, 0.25) is 0 Å². The van der Waals surface area contributed by atoms with Crippen LogP contribution >= 0.6 is 0 Å². The fraction of sp³-hybridized carbons (Fsp3) is 0.667. The Kier molecular flexibility index (Phi) is 4.74. The molecule has 110 valence electrons. The summed E-state index contributed by atoms with van der Waals surface area (Å²) in [5.74, 6) is 0.746. The van der Waals surface area contributed by atoms with Gasteiger partial charge in [-0.15, -0.1) is 0 Å². The van der Waals surface area contributed by atoms with Gasteiger partial charge in [0.05, 0.1) is 0 Å². The molecule has 1 aromatic carbocycles. The van der Waals surface area contributed by atoms with Gasteiger partial charge in [-0.25, -0.2) is 0 Å². The number of piperazine rings is 1. The van der Waals surface area contributed by atoms with Crippen LogP contribution in [0.3, 0.4) is 0 Å². The molecule has 1 fully saturated rings. The van der Waals surface area contributed by atoms with Crippen LogP contribution in [0.25, 0.3) is 0 Å². The Morgan fingerprint density at radius 3 is 2.75 bits per heavy atom. The lowest BCUT2D eigenvalue weighted by Crippen LogP contribution is -2.44. The lowest BCUT2D eigenvalue weighted by molar-refractivity contribution is 0.232. The zero-order valence-electron chi connectivity index (χ0n) is 12.8. The highest BCUT2D eigenvalue weighted by Gasteiger charge is 2.17. The van der Waals surface area contributed by atoms with Crippen LogP contribution in [0.15, 0.2) is 18.2 Å². The van der Waals surface area contributed by atoms with Crippen molar-refractivity contribution in [3.05, 3.63) is 34.9 Å². The van der Waals surface area contributed by atoms with E-state index < -0.39 is 0 Å². The van der Waals surface area contributed by atoms with E-state index in [4.69, 9.17) is 0 Å². The smallest absolute Gasteiger partial charge is 0.0107 e. The van der Waals surface area contributed by atoms with Crippen molar-refractivity contribution < 1.29 is 0 Å². The SMILES string of the molecule is CCC(CCN1CCNCC1)c1ccc2c(c1)CCC2. The fourth-order valence-electron chi connectivity index (χ4n) is 3.73. The van der Waals surface area contributed by atoms with E-state index >= 15 is 0 Å². The number of nitrogens with one attached hydrogen (secondary N) is 1. The minimum Gasteiger partial charge on any atom is -0.314 e. The number of rotatable bonds is 5. The Hall–Kier alpha value is -0.860. The van der Waals surface area contributed by atoms with Crippen molar-refractivity contribution in [2.45, 2.75) is 44.9 Å². The summed E-state index contributed by atoms with van der Waals surface area (Å²) in [7, 11) is 0. The van der Waals surface area contributed by atoms with Gasteiger partial charge in [-0.1, -0.05) is 25.1 Å². The van der Waals surface area contributed by atoms with Crippen molar-refractivity contribution in [3.8, 4) is 0 Å². The Labute approximate surface area is 123 Å². The van der Waals surface area contributed by atoms with Gasteiger partial charge in [-0.2, -0.15) is 0 Å². The number of benzene rings is 1. The molecule has 1 N–H and O–H groups in total. The molecule has 3 rings (SSSR count). The Morgan fingerprint density at radius 1 is 1.15 bits per heavy atom. The predicted octanol–water partition coefficient (Wildman–Crippen LogP) is 2.96. The van der Waals surface area contributed by atoms with E-state index in [1.165, 1.54) is 51.7 Å². The highest BCUT2D eigenvalue weighted by Crippen LogP contribution is 2.29. The van der Waals surface area contributed by atoms with Gasteiger partial charge in [0.25, 0.3) is 0 Å². The number of nitrogens with zero attached hydrogens (tertiary/aromatic N) is 1. The fourth-order valence-corrected chi connectivity index (χ4v) is 3.73. The molecule has 1 unspecified atom stereocenters. The van der Waals surface area contributed by atoms with Crippen molar-refractivity contribution >= 4 is 0 Å². The van der Waals surface area contributed by atoms with Crippen LogP contribution in [0.4, 0.5) is 0 Å². The monoisotopic (exact) mass is 272 g/mol. The van der Waals surface area contributed by atoms with Gasteiger partial charge in [-0.3, -0.25) is 0 Å². The molecule has 1 atom stereocenters. The van der Waals surface area contributed by atoms with E-state index in [1.54, 1.807) is 16.7 Å². The van der Waals surface area contributed by atoms with Crippen LogP contribution < -0.4 is 5.32 Å². The molecule has 0 bridgehead atoms. The molecular formula is C18H28N2. The largest absolute Gasteiger partial charge is 0.314 e. The third-order valence-corrected chi connectivity index (χ3v) is 5.09. The average Bonchev–Trinajstić information content (AvgIpc) is 2.96. The molecule has 1 aromatic rings. The van der Waals surface area contributed by atoms with Crippen molar-refractivity contribution in [1.82, 2.24) is 10.2 Å². The normalized spacial score (nSPS) is 20.9. The van der Waals surface area contributed by atoms with E-state index in [-0.39, 0.29) is 0 Å². The molecule has 1 heterocycles. The molecule has 1 saturated heterocycles. The van der Waals surface area contributed by atoms with Crippen LogP contribution in [0.1, 0.15) is 48.8 Å². The van der Waals surface area contributed by atoms with Gasteiger partial charge >= 0.3 is 0 Å². The second-order valence-electron chi connectivity index (χ2n) is 6.37. The van der Waals surface area contributed by atoms with E-state index in [0.717, 1.165) is 19.0 Å². The Morgan fingerprint density at radius 2 is 1.95 bits per heavy atom. The molecule has 2 aliphatic rings. The third kappa shape index (κ3) is 3.24. The first-order valence-electron chi connectivity index (χ1n) is 8.41. The zero-order chi connectivity index (χ0) is 13.8. The first kappa shape index (κ1) is 14.1. The van der Waals surface area contributed by atoms with Gasteiger partial charge in [0, 0.05) is 26.2 Å². The molecule has 0 radical (unpaired) electrons. The van der Waals surface area contributed by atoms with Crippen LogP contribution in [0, 0.1) is 0 Å². The quantitative estimate of drug-likeness (QED) is 0.886. The third-order valence-electron chi connectivity index (χ3n) is 5.09. The van der Waals surface area contributed by atoms with Gasteiger partial charge in [0.15, 0.2) is 0 Å². The topological polar surface area (TPSA) is 15.3 Å². The number of fused-ring (bicyclic) bond motifs is 1. The molecule has 1 aliphatic heterocycles. The molecule has 0 spiro atoms. The maximum Gasteiger partial charge on any atom is 0.0107 e. The number of hydrogen-bond donors (Lipinski definition) is 1. The molecule has 0 saturated carbocycles. The van der Waals surface area contributed by atoms with Gasteiger partial charge in [-0.05, 0) is 61.3 Å². The van der Waals surface area contributed by atoms with Crippen molar-refractivity contribution in [1.29, 1.82) is 0 Å². The summed E-state index contributed by atoms with van der Waals surface area (Å²) in [6.07, 6.45) is 6.54. The summed E-state index contributed by atoms with van der Waals surface area (Å²) >= 11 is 0.